The average Bonchev–Trinajstić information content (AvgIpc) is 2.73. The summed E-state index contributed by atoms with van der Waals surface area (Å²) in [6.45, 7) is 6.22. The number of fused-ring (bicyclic) bond motifs is 5. The maximum Gasteiger partial charge on any atom is 0.197 e. The summed E-state index contributed by atoms with van der Waals surface area (Å²) >= 11 is 0. The number of ketones is 1. The zero-order valence-electron chi connectivity index (χ0n) is 15.0. The number of hydrogen-bond acceptors (Lipinski definition) is 4. The monoisotopic (exact) mass is 334 g/mol. The number of carbonyl (C=O) groups is 1. The molecule has 3 saturated carbocycles. The number of aliphatic hydroxyl groups is 3. The summed E-state index contributed by atoms with van der Waals surface area (Å²) in [5.41, 5.74) is -0.355. The third kappa shape index (κ3) is 1.84. The van der Waals surface area contributed by atoms with Gasteiger partial charge in [-0.05, 0) is 74.2 Å². The van der Waals surface area contributed by atoms with Crippen LogP contribution in [-0.2, 0) is 4.79 Å². The number of carbonyl (C=O) groups excluding carboxylic acids is 1. The Morgan fingerprint density at radius 1 is 1.08 bits per heavy atom. The molecule has 4 nitrogen and oxygen atoms in total. The Labute approximate surface area is 144 Å². The summed E-state index contributed by atoms with van der Waals surface area (Å²) in [5, 5.41) is 32.4. The van der Waals surface area contributed by atoms with Crippen LogP contribution in [0.3, 0.4) is 0 Å². The molecule has 0 heterocycles. The lowest BCUT2D eigenvalue weighted by Gasteiger charge is -2.60. The fourth-order valence-electron chi connectivity index (χ4n) is 7.04. The van der Waals surface area contributed by atoms with E-state index in [1.54, 1.807) is 0 Å². The minimum absolute atomic E-state index is 0.0267. The molecule has 4 aliphatic carbocycles. The largest absolute Gasteiger partial charge is 0.504 e. The molecule has 0 radical (unpaired) electrons. The lowest BCUT2D eigenvalue weighted by Crippen LogP contribution is -2.59. The second kappa shape index (κ2) is 4.85. The van der Waals surface area contributed by atoms with E-state index in [1.807, 2.05) is 6.92 Å². The Kier molecular flexibility index (Phi) is 3.35. The zero-order valence-corrected chi connectivity index (χ0v) is 15.0. The molecule has 1 unspecified atom stereocenters. The molecule has 4 rings (SSSR count). The number of Topliss-reactive ketones (excluding diaryl/α,β-unsaturated/α-hetero) is 1. The normalized spacial score (nSPS) is 54.3. The van der Waals surface area contributed by atoms with Gasteiger partial charge in [0.1, 0.15) is 0 Å². The first-order valence-electron chi connectivity index (χ1n) is 9.48. The van der Waals surface area contributed by atoms with E-state index in [-0.39, 0.29) is 28.3 Å². The van der Waals surface area contributed by atoms with Crippen LogP contribution in [0.5, 0.6) is 0 Å². The average molecular weight is 334 g/mol. The number of aliphatic hydroxyl groups excluding tert-OH is 2. The van der Waals surface area contributed by atoms with Gasteiger partial charge in [-0.3, -0.25) is 4.79 Å². The van der Waals surface area contributed by atoms with Gasteiger partial charge in [-0.15, -0.1) is 0 Å². The molecule has 0 spiro atoms. The third-order valence-corrected chi connectivity index (χ3v) is 8.59. The van der Waals surface area contributed by atoms with Crippen molar-refractivity contribution in [2.45, 2.75) is 77.4 Å². The first-order valence-corrected chi connectivity index (χ1v) is 9.48. The van der Waals surface area contributed by atoms with Gasteiger partial charge in [-0.2, -0.15) is 0 Å². The van der Waals surface area contributed by atoms with Crippen molar-refractivity contribution in [1.82, 2.24) is 0 Å². The summed E-state index contributed by atoms with van der Waals surface area (Å²) in [4.78, 5) is 11.9. The Hall–Kier alpha value is -0.870. The second-order valence-electron chi connectivity index (χ2n) is 9.50. The highest BCUT2D eigenvalue weighted by molar-refractivity contribution is 5.95. The van der Waals surface area contributed by atoms with E-state index >= 15 is 0 Å². The van der Waals surface area contributed by atoms with Gasteiger partial charge in [0.15, 0.2) is 11.5 Å². The maximum absolute atomic E-state index is 11.9. The van der Waals surface area contributed by atoms with Gasteiger partial charge >= 0.3 is 0 Å². The standard InChI is InChI=1S/C20H30O4/c1-18-8-7-14(21)17(23)13(18)5-4-11-12-6-9-20(3,24)19(12,2)10-15(22)16(11)18/h11-12,15-16,22-24H,4-10H2,1-3H3/t11-,12-,15?,16+,18-,19-,20-/m0/s1. The molecule has 0 bridgehead atoms. The summed E-state index contributed by atoms with van der Waals surface area (Å²) in [5.74, 6) is 0.700. The third-order valence-electron chi connectivity index (χ3n) is 8.59. The Bertz CT molecular complexity index is 621. The van der Waals surface area contributed by atoms with Crippen LogP contribution in [0.15, 0.2) is 11.3 Å². The number of rotatable bonds is 0. The van der Waals surface area contributed by atoms with Crippen molar-refractivity contribution in [1.29, 1.82) is 0 Å². The van der Waals surface area contributed by atoms with Gasteiger partial charge in [0, 0.05) is 11.8 Å². The molecule has 7 atom stereocenters. The highest BCUT2D eigenvalue weighted by atomic mass is 16.3. The molecule has 4 heteroatoms. The summed E-state index contributed by atoms with van der Waals surface area (Å²) < 4.78 is 0. The molecule has 0 saturated heterocycles. The molecule has 4 aliphatic rings. The molecule has 3 fully saturated rings. The second-order valence-corrected chi connectivity index (χ2v) is 9.50. The highest BCUT2D eigenvalue weighted by Crippen LogP contribution is 2.67. The minimum Gasteiger partial charge on any atom is -0.504 e. The van der Waals surface area contributed by atoms with Crippen LogP contribution in [0.1, 0.15) is 65.7 Å². The molecule has 3 N–H and O–H groups in total. The summed E-state index contributed by atoms with van der Waals surface area (Å²) in [6, 6.07) is 0. The van der Waals surface area contributed by atoms with Gasteiger partial charge in [-0.25, -0.2) is 0 Å². The van der Waals surface area contributed by atoms with Crippen molar-refractivity contribution in [2.75, 3.05) is 0 Å². The van der Waals surface area contributed by atoms with E-state index in [0.29, 0.717) is 24.7 Å². The number of allylic oxidation sites excluding steroid dienone is 1. The smallest absolute Gasteiger partial charge is 0.197 e. The fourth-order valence-corrected chi connectivity index (χ4v) is 7.04. The van der Waals surface area contributed by atoms with Crippen molar-refractivity contribution in [3.63, 3.8) is 0 Å². The predicted octanol–water partition coefficient (Wildman–Crippen LogP) is 3.13. The Morgan fingerprint density at radius 2 is 1.79 bits per heavy atom. The highest BCUT2D eigenvalue weighted by Gasteiger charge is 2.65. The van der Waals surface area contributed by atoms with Crippen LogP contribution >= 0.6 is 0 Å². The molecule has 24 heavy (non-hydrogen) atoms. The van der Waals surface area contributed by atoms with Gasteiger partial charge < -0.3 is 15.3 Å². The molecule has 0 aromatic rings. The van der Waals surface area contributed by atoms with Crippen LogP contribution < -0.4 is 0 Å². The van der Waals surface area contributed by atoms with E-state index in [2.05, 4.69) is 13.8 Å². The quantitative estimate of drug-likeness (QED) is 0.636. The minimum atomic E-state index is -0.717. The van der Waals surface area contributed by atoms with E-state index < -0.39 is 11.7 Å². The van der Waals surface area contributed by atoms with Crippen LogP contribution in [-0.4, -0.2) is 32.8 Å². The van der Waals surface area contributed by atoms with Crippen LogP contribution in [0.4, 0.5) is 0 Å². The van der Waals surface area contributed by atoms with Gasteiger partial charge in [0.25, 0.3) is 0 Å². The van der Waals surface area contributed by atoms with Crippen molar-refractivity contribution < 1.29 is 20.1 Å². The first-order chi connectivity index (χ1) is 11.1. The molecule has 0 aromatic carbocycles. The van der Waals surface area contributed by atoms with Gasteiger partial charge in [0.2, 0.25) is 0 Å². The topological polar surface area (TPSA) is 77.8 Å². The maximum atomic E-state index is 11.9. The predicted molar refractivity (Wildman–Crippen MR) is 90.3 cm³/mol. The van der Waals surface area contributed by atoms with E-state index in [0.717, 1.165) is 37.7 Å². The van der Waals surface area contributed by atoms with Crippen molar-refractivity contribution in [2.24, 2.45) is 28.6 Å². The van der Waals surface area contributed by atoms with E-state index in [4.69, 9.17) is 0 Å². The van der Waals surface area contributed by atoms with Crippen molar-refractivity contribution >= 4 is 5.78 Å². The van der Waals surface area contributed by atoms with Crippen LogP contribution in [0, 0.1) is 28.6 Å². The SMILES string of the molecule is C[C@]12CCC(=O)C(O)=C1CC[C@@H]1[C@@H]2C(O)C[C@@]2(C)[C@H]1CC[C@]2(C)O. The van der Waals surface area contributed by atoms with E-state index in [9.17, 15) is 20.1 Å². The first kappa shape index (κ1) is 16.6. The van der Waals surface area contributed by atoms with Crippen molar-refractivity contribution in [3.8, 4) is 0 Å². The van der Waals surface area contributed by atoms with Crippen molar-refractivity contribution in [3.05, 3.63) is 11.3 Å². The van der Waals surface area contributed by atoms with Gasteiger partial charge in [0.05, 0.1) is 11.7 Å². The van der Waals surface area contributed by atoms with Gasteiger partial charge in [-0.1, -0.05) is 13.8 Å². The zero-order chi connectivity index (χ0) is 17.5. The summed E-state index contributed by atoms with van der Waals surface area (Å²) in [6.07, 6.45) is 4.69. The molecule has 0 aliphatic heterocycles. The fraction of sp³-hybridized carbons (Fsp3) is 0.850. The van der Waals surface area contributed by atoms with Crippen LogP contribution in [0.2, 0.25) is 0 Å². The van der Waals surface area contributed by atoms with E-state index in [1.165, 1.54) is 0 Å². The molecule has 134 valence electrons. The lowest BCUT2D eigenvalue weighted by molar-refractivity contribution is -0.167. The summed E-state index contributed by atoms with van der Waals surface area (Å²) in [7, 11) is 0. The molecule has 0 amide bonds. The number of hydrogen-bond donors (Lipinski definition) is 3. The Balaban J connectivity index is 1.77. The Morgan fingerprint density at radius 3 is 2.50 bits per heavy atom. The molecular formula is C20H30O4. The molecule has 0 aromatic heterocycles. The molecular weight excluding hydrogens is 304 g/mol. The lowest BCUT2D eigenvalue weighted by atomic mass is 9.45. The van der Waals surface area contributed by atoms with Crippen LogP contribution in [0.25, 0.3) is 0 Å².